The average Bonchev–Trinajstić information content (AvgIpc) is 2.19. The Hall–Kier alpha value is -1.84. The summed E-state index contributed by atoms with van der Waals surface area (Å²) >= 11 is 0. The van der Waals surface area contributed by atoms with Gasteiger partial charge in [0.15, 0.2) is 0 Å². The molecule has 0 N–H and O–H groups in total. The summed E-state index contributed by atoms with van der Waals surface area (Å²) in [6.07, 6.45) is 0. The molecule has 0 aliphatic carbocycles. The number of hydrogen-bond donors (Lipinski definition) is 0. The number of hydrogen-bond acceptors (Lipinski definition) is 3. The van der Waals surface area contributed by atoms with E-state index in [2.05, 4.69) is 4.74 Å². The van der Waals surface area contributed by atoms with E-state index in [-0.39, 0.29) is 5.75 Å². The molecule has 1 aromatic carbocycles. The summed E-state index contributed by atoms with van der Waals surface area (Å²) < 4.78 is 21.2. The summed E-state index contributed by atoms with van der Waals surface area (Å²) in [4.78, 5) is 11.2. The third-order valence-electron chi connectivity index (χ3n) is 1.82. The van der Waals surface area contributed by atoms with Gasteiger partial charge in [-0.1, -0.05) is 18.2 Å². The smallest absolute Gasteiger partial charge is 0.379 e. The van der Waals surface area contributed by atoms with E-state index < -0.39 is 12.5 Å². The molecular formula is C10H7FO3. The first-order valence-corrected chi connectivity index (χ1v) is 4.03. The lowest BCUT2D eigenvalue weighted by Crippen LogP contribution is -2.05. The summed E-state index contributed by atoms with van der Waals surface area (Å²) in [5.74, 6) is -0.105. The number of rotatable bonds is 2. The first-order chi connectivity index (χ1) is 6.81. The summed E-state index contributed by atoms with van der Waals surface area (Å²) in [7, 11) is 0. The van der Waals surface area contributed by atoms with Crippen molar-refractivity contribution < 1.29 is 13.5 Å². The first kappa shape index (κ1) is 8.74. The highest BCUT2D eigenvalue weighted by Crippen LogP contribution is 2.16. The van der Waals surface area contributed by atoms with Crippen molar-refractivity contribution >= 4 is 11.0 Å². The second-order valence-corrected chi connectivity index (χ2v) is 2.69. The van der Waals surface area contributed by atoms with E-state index in [1.165, 1.54) is 6.07 Å². The molecule has 3 nitrogen and oxygen atoms in total. The fourth-order valence-corrected chi connectivity index (χ4v) is 1.20. The quantitative estimate of drug-likeness (QED) is 0.687. The number of halogens is 1. The highest BCUT2D eigenvalue weighted by atomic mass is 19.1. The van der Waals surface area contributed by atoms with E-state index in [0.717, 1.165) is 0 Å². The Morgan fingerprint density at radius 1 is 1.36 bits per heavy atom. The van der Waals surface area contributed by atoms with E-state index in [4.69, 9.17) is 4.42 Å². The van der Waals surface area contributed by atoms with Crippen molar-refractivity contribution in [3.05, 3.63) is 40.8 Å². The third kappa shape index (κ3) is 1.46. The Kier molecular flexibility index (Phi) is 2.18. The lowest BCUT2D eigenvalue weighted by molar-refractivity contribution is 0.185. The van der Waals surface area contributed by atoms with E-state index in [1.54, 1.807) is 24.3 Å². The number of para-hydroxylation sites is 1. The molecule has 0 atom stereocenters. The molecule has 0 unspecified atom stereocenters. The second-order valence-electron chi connectivity index (χ2n) is 2.69. The molecule has 0 aliphatic heterocycles. The van der Waals surface area contributed by atoms with Gasteiger partial charge in [0.1, 0.15) is 5.58 Å². The van der Waals surface area contributed by atoms with Crippen molar-refractivity contribution in [3.8, 4) is 5.75 Å². The van der Waals surface area contributed by atoms with E-state index in [1.807, 2.05) is 0 Å². The molecule has 72 valence electrons. The molecule has 2 rings (SSSR count). The molecule has 0 amide bonds. The van der Waals surface area contributed by atoms with Crippen LogP contribution in [-0.2, 0) is 0 Å². The van der Waals surface area contributed by atoms with Crippen molar-refractivity contribution in [3.63, 3.8) is 0 Å². The first-order valence-electron chi connectivity index (χ1n) is 4.03. The van der Waals surface area contributed by atoms with Gasteiger partial charge in [-0.05, 0) is 12.1 Å². The normalized spacial score (nSPS) is 10.4. The van der Waals surface area contributed by atoms with Gasteiger partial charge in [-0.3, -0.25) is 0 Å². The van der Waals surface area contributed by atoms with Crippen LogP contribution in [0.15, 0.2) is 39.5 Å². The predicted octanol–water partition coefficient (Wildman–Crippen LogP) is 2.10. The number of alkyl halides is 1. The van der Waals surface area contributed by atoms with Gasteiger partial charge in [-0.25, -0.2) is 9.18 Å². The van der Waals surface area contributed by atoms with Crippen LogP contribution >= 0.6 is 0 Å². The Bertz CT molecular complexity index is 504. The van der Waals surface area contributed by atoms with Gasteiger partial charge < -0.3 is 9.15 Å². The van der Waals surface area contributed by atoms with E-state index >= 15 is 0 Å². The molecule has 0 aliphatic rings. The lowest BCUT2D eigenvalue weighted by Gasteiger charge is -2.00. The minimum absolute atomic E-state index is 0.105. The minimum Gasteiger partial charge on any atom is -0.455 e. The maximum atomic E-state index is 11.9. The van der Waals surface area contributed by atoms with Crippen molar-refractivity contribution in [2.45, 2.75) is 0 Å². The van der Waals surface area contributed by atoms with Gasteiger partial charge in [0.25, 0.3) is 0 Å². The molecule has 2 aromatic rings. The molecule has 4 heteroatoms. The van der Waals surface area contributed by atoms with Crippen molar-refractivity contribution in [1.29, 1.82) is 0 Å². The second kappa shape index (κ2) is 3.49. The van der Waals surface area contributed by atoms with Crippen LogP contribution in [0.3, 0.4) is 0 Å². The van der Waals surface area contributed by atoms with Gasteiger partial charge in [0, 0.05) is 5.39 Å². The third-order valence-corrected chi connectivity index (χ3v) is 1.82. The highest BCUT2D eigenvalue weighted by Gasteiger charge is 2.04. The van der Waals surface area contributed by atoms with Crippen molar-refractivity contribution in [2.24, 2.45) is 0 Å². The van der Waals surface area contributed by atoms with E-state index in [9.17, 15) is 9.18 Å². The molecule has 0 saturated heterocycles. The van der Waals surface area contributed by atoms with Crippen molar-refractivity contribution in [2.75, 3.05) is 6.86 Å². The van der Waals surface area contributed by atoms with Gasteiger partial charge in [0.05, 0.1) is 0 Å². The maximum Gasteiger partial charge on any atom is 0.379 e. The zero-order chi connectivity index (χ0) is 9.97. The van der Waals surface area contributed by atoms with Gasteiger partial charge in [-0.15, -0.1) is 0 Å². The minimum atomic E-state index is -1.04. The van der Waals surface area contributed by atoms with Crippen LogP contribution in [0.25, 0.3) is 11.0 Å². The molecule has 14 heavy (non-hydrogen) atoms. The Labute approximate surface area is 78.7 Å². The van der Waals surface area contributed by atoms with E-state index in [0.29, 0.717) is 11.0 Å². The molecule has 1 aromatic heterocycles. The monoisotopic (exact) mass is 194 g/mol. The van der Waals surface area contributed by atoms with Gasteiger partial charge >= 0.3 is 5.63 Å². The molecule has 0 fully saturated rings. The molecule has 1 heterocycles. The van der Waals surface area contributed by atoms with Crippen LogP contribution in [0.5, 0.6) is 5.75 Å². The Morgan fingerprint density at radius 3 is 2.93 bits per heavy atom. The van der Waals surface area contributed by atoms with Crippen LogP contribution in [-0.4, -0.2) is 6.86 Å². The summed E-state index contributed by atoms with van der Waals surface area (Å²) in [5, 5.41) is 0.704. The fraction of sp³-hybridized carbons (Fsp3) is 0.100. The molecule has 0 saturated carbocycles. The molecular weight excluding hydrogens is 187 g/mol. The topological polar surface area (TPSA) is 39.4 Å². The van der Waals surface area contributed by atoms with Crippen LogP contribution in [0.4, 0.5) is 4.39 Å². The SMILES string of the molecule is O=c1oc2ccccc2cc1OCF. The molecule has 0 radical (unpaired) electrons. The van der Waals surface area contributed by atoms with Crippen LogP contribution in [0.1, 0.15) is 0 Å². The van der Waals surface area contributed by atoms with Gasteiger partial charge in [0.2, 0.25) is 12.6 Å². The molecule has 0 spiro atoms. The van der Waals surface area contributed by atoms with Crippen LogP contribution in [0, 0.1) is 0 Å². The largest absolute Gasteiger partial charge is 0.455 e. The number of ether oxygens (including phenoxy) is 1. The Balaban J connectivity index is 2.65. The number of fused-ring (bicyclic) bond motifs is 1. The van der Waals surface area contributed by atoms with Crippen molar-refractivity contribution in [1.82, 2.24) is 0 Å². The van der Waals surface area contributed by atoms with Crippen LogP contribution < -0.4 is 10.4 Å². The molecule has 0 bridgehead atoms. The Morgan fingerprint density at radius 2 is 2.14 bits per heavy atom. The zero-order valence-electron chi connectivity index (χ0n) is 7.20. The average molecular weight is 194 g/mol. The summed E-state index contributed by atoms with van der Waals surface area (Å²) in [6.45, 7) is -1.04. The zero-order valence-corrected chi connectivity index (χ0v) is 7.20. The highest BCUT2D eigenvalue weighted by molar-refractivity contribution is 5.77. The maximum absolute atomic E-state index is 11.9. The summed E-state index contributed by atoms with van der Waals surface area (Å²) in [6, 6.07) is 8.42. The predicted molar refractivity (Wildman–Crippen MR) is 49.1 cm³/mol. The lowest BCUT2D eigenvalue weighted by atomic mass is 10.2. The standard InChI is InChI=1S/C10H7FO3/c11-6-13-9-5-7-3-1-2-4-8(7)14-10(9)12/h1-5H,6H2. The van der Waals surface area contributed by atoms with Crippen LogP contribution in [0.2, 0.25) is 0 Å². The number of benzene rings is 1. The van der Waals surface area contributed by atoms with Gasteiger partial charge in [-0.2, -0.15) is 0 Å². The summed E-state index contributed by atoms with van der Waals surface area (Å²) in [5.41, 5.74) is -0.204. The fourth-order valence-electron chi connectivity index (χ4n) is 1.20.